The monoisotopic (exact) mass is 452 g/mol. The minimum absolute atomic E-state index is 0.187. The Morgan fingerprint density at radius 3 is 2.84 bits per heavy atom. The van der Waals surface area contributed by atoms with Gasteiger partial charge in [-0.2, -0.15) is 13.2 Å². The summed E-state index contributed by atoms with van der Waals surface area (Å²) in [4.78, 5) is 18.3. The molecule has 9 heteroatoms. The first-order valence-electron chi connectivity index (χ1n) is 10.4. The number of alkyl halides is 3. The Morgan fingerprint density at radius 2 is 2.13 bits per heavy atom. The van der Waals surface area contributed by atoms with Crippen molar-refractivity contribution in [3.63, 3.8) is 0 Å². The van der Waals surface area contributed by atoms with Gasteiger partial charge in [-0.1, -0.05) is 0 Å². The minimum Gasteiger partial charge on any atom is -0.322 e. The molecule has 2 N–H and O–H groups in total. The van der Waals surface area contributed by atoms with Gasteiger partial charge in [-0.05, 0) is 62.8 Å². The van der Waals surface area contributed by atoms with E-state index in [0.29, 0.717) is 23.7 Å². The van der Waals surface area contributed by atoms with Gasteiger partial charge in [0.2, 0.25) is 0 Å². The van der Waals surface area contributed by atoms with E-state index < -0.39 is 11.7 Å². The number of carbonyl (C=O) groups excluding carboxylic acids is 1. The van der Waals surface area contributed by atoms with Crippen molar-refractivity contribution in [2.75, 3.05) is 39.0 Å². The molecule has 0 radical (unpaired) electrons. The number of nitrogens with zero attached hydrogens (tertiary/aromatic N) is 2. The van der Waals surface area contributed by atoms with Crippen molar-refractivity contribution in [3.8, 4) is 0 Å². The van der Waals surface area contributed by atoms with Gasteiger partial charge in [-0.25, -0.2) is 0 Å². The molecule has 2 aromatic rings. The second-order valence-electron chi connectivity index (χ2n) is 8.49. The highest BCUT2D eigenvalue weighted by Gasteiger charge is 2.32. The number of amides is 1. The summed E-state index contributed by atoms with van der Waals surface area (Å²) in [7, 11) is 4.04. The Labute approximate surface area is 184 Å². The molecule has 1 aromatic carbocycles. The number of nitrogens with one attached hydrogen (secondary N) is 2. The van der Waals surface area contributed by atoms with E-state index in [2.05, 4.69) is 20.4 Å². The molecule has 1 aromatic heterocycles. The number of thiophene rings is 1. The highest BCUT2D eigenvalue weighted by atomic mass is 32.1. The summed E-state index contributed by atoms with van der Waals surface area (Å²) >= 11 is 1.51. The number of likely N-dealkylation sites (tertiary alicyclic amines) is 1. The normalized spacial score (nSPS) is 19.6. The maximum absolute atomic E-state index is 13.5. The highest BCUT2D eigenvalue weighted by molar-refractivity contribution is 7.10. The molecule has 1 saturated heterocycles. The van der Waals surface area contributed by atoms with Crippen LogP contribution in [-0.4, -0.2) is 55.5 Å². The lowest BCUT2D eigenvalue weighted by Crippen LogP contribution is -2.31. The Morgan fingerprint density at radius 1 is 1.32 bits per heavy atom. The van der Waals surface area contributed by atoms with Crippen molar-refractivity contribution >= 4 is 22.9 Å². The van der Waals surface area contributed by atoms with Crippen molar-refractivity contribution in [1.82, 2.24) is 15.1 Å². The van der Waals surface area contributed by atoms with Crippen molar-refractivity contribution < 1.29 is 18.0 Å². The van der Waals surface area contributed by atoms with Crippen LogP contribution in [0.15, 0.2) is 23.6 Å². The molecule has 1 atom stereocenters. The molecule has 1 fully saturated rings. The van der Waals surface area contributed by atoms with Gasteiger partial charge < -0.3 is 15.5 Å². The van der Waals surface area contributed by atoms with Gasteiger partial charge in [0, 0.05) is 48.2 Å². The molecule has 1 amide bonds. The van der Waals surface area contributed by atoms with E-state index in [1.54, 1.807) is 11.4 Å². The molecule has 3 heterocycles. The molecule has 2 aliphatic rings. The lowest BCUT2D eigenvalue weighted by molar-refractivity contribution is -0.137. The van der Waals surface area contributed by atoms with Crippen molar-refractivity contribution in [2.45, 2.75) is 38.1 Å². The van der Waals surface area contributed by atoms with Crippen LogP contribution in [0.25, 0.3) is 0 Å². The van der Waals surface area contributed by atoms with Crippen LogP contribution in [0.1, 0.15) is 38.3 Å². The van der Waals surface area contributed by atoms with Gasteiger partial charge in [-0.3, -0.25) is 9.69 Å². The molecule has 0 spiro atoms. The SMILES string of the molecule is CN(C)C1CCN(Cc2cc(NC(=O)c3csc4c3CCNC4)cc(C(F)(F)F)c2)C1. The van der Waals surface area contributed by atoms with E-state index in [4.69, 9.17) is 0 Å². The second kappa shape index (κ2) is 8.90. The number of rotatable bonds is 5. The third-order valence-corrected chi connectivity index (χ3v) is 7.05. The van der Waals surface area contributed by atoms with Crippen LogP contribution in [0.3, 0.4) is 0 Å². The summed E-state index contributed by atoms with van der Waals surface area (Å²) in [6.45, 7) is 3.61. The summed E-state index contributed by atoms with van der Waals surface area (Å²) in [6, 6.07) is 4.28. The summed E-state index contributed by atoms with van der Waals surface area (Å²) in [5.74, 6) is -0.349. The number of hydrogen-bond donors (Lipinski definition) is 2. The van der Waals surface area contributed by atoms with Gasteiger partial charge in [-0.15, -0.1) is 11.3 Å². The number of fused-ring (bicyclic) bond motifs is 1. The third-order valence-electron chi connectivity index (χ3n) is 6.02. The number of likely N-dealkylation sites (N-methyl/N-ethyl adjacent to an activating group) is 1. The van der Waals surface area contributed by atoms with Gasteiger partial charge in [0.25, 0.3) is 5.91 Å². The fourth-order valence-corrected chi connectivity index (χ4v) is 5.35. The zero-order valence-corrected chi connectivity index (χ0v) is 18.5. The quantitative estimate of drug-likeness (QED) is 0.725. The molecule has 0 bridgehead atoms. The van der Waals surface area contributed by atoms with Crippen molar-refractivity contribution in [2.24, 2.45) is 0 Å². The average molecular weight is 453 g/mol. The van der Waals surface area contributed by atoms with Crippen LogP contribution in [0.4, 0.5) is 18.9 Å². The van der Waals surface area contributed by atoms with E-state index in [0.717, 1.165) is 55.5 Å². The lowest BCUT2D eigenvalue weighted by Gasteiger charge is -2.21. The van der Waals surface area contributed by atoms with Gasteiger partial charge in [0.15, 0.2) is 0 Å². The molecular formula is C22H27F3N4OS. The second-order valence-corrected chi connectivity index (χ2v) is 9.45. The Hall–Kier alpha value is -1.94. The summed E-state index contributed by atoms with van der Waals surface area (Å²) in [6.07, 6.45) is -2.73. The fraction of sp³-hybridized carbons (Fsp3) is 0.500. The Balaban J connectivity index is 1.55. The van der Waals surface area contributed by atoms with Crippen LogP contribution in [0, 0.1) is 0 Å². The Kier molecular flexibility index (Phi) is 6.39. The average Bonchev–Trinajstić information content (AvgIpc) is 3.34. The molecule has 1 unspecified atom stereocenters. The largest absolute Gasteiger partial charge is 0.416 e. The fourth-order valence-electron chi connectivity index (χ4n) is 4.30. The first-order valence-corrected chi connectivity index (χ1v) is 11.3. The number of hydrogen-bond acceptors (Lipinski definition) is 5. The maximum atomic E-state index is 13.5. The van der Waals surface area contributed by atoms with Crippen LogP contribution >= 0.6 is 11.3 Å². The predicted molar refractivity (Wildman–Crippen MR) is 116 cm³/mol. The lowest BCUT2D eigenvalue weighted by atomic mass is 10.0. The number of carbonyl (C=O) groups is 1. The first kappa shape index (κ1) is 22.3. The molecule has 2 aliphatic heterocycles. The highest BCUT2D eigenvalue weighted by Crippen LogP contribution is 2.33. The van der Waals surface area contributed by atoms with E-state index in [1.165, 1.54) is 17.4 Å². The third kappa shape index (κ3) is 5.11. The van der Waals surface area contributed by atoms with E-state index >= 15 is 0 Å². The predicted octanol–water partition coefficient (Wildman–Crippen LogP) is 3.80. The summed E-state index contributed by atoms with van der Waals surface area (Å²) < 4.78 is 40.6. The molecule has 0 saturated carbocycles. The number of benzene rings is 1. The zero-order chi connectivity index (χ0) is 22.2. The van der Waals surface area contributed by atoms with Gasteiger partial charge >= 0.3 is 6.18 Å². The molecule has 0 aliphatic carbocycles. The van der Waals surface area contributed by atoms with Crippen LogP contribution in [-0.2, 0) is 25.7 Å². The zero-order valence-electron chi connectivity index (χ0n) is 17.7. The van der Waals surface area contributed by atoms with Gasteiger partial charge in [0.1, 0.15) is 0 Å². The Bertz CT molecular complexity index is 957. The van der Waals surface area contributed by atoms with E-state index in [1.807, 2.05) is 14.1 Å². The molecule has 4 rings (SSSR count). The number of anilines is 1. The smallest absolute Gasteiger partial charge is 0.322 e. The molecule has 168 valence electrons. The van der Waals surface area contributed by atoms with Crippen LogP contribution in [0.2, 0.25) is 0 Å². The van der Waals surface area contributed by atoms with E-state index in [-0.39, 0.29) is 11.6 Å². The first-order chi connectivity index (χ1) is 14.7. The van der Waals surface area contributed by atoms with Crippen molar-refractivity contribution in [3.05, 3.63) is 50.7 Å². The van der Waals surface area contributed by atoms with Crippen LogP contribution in [0.5, 0.6) is 0 Å². The standard InChI is InChI=1S/C22H27F3N4OS/c1-28(2)17-4-6-29(12-17)11-14-7-15(22(23,24)25)9-16(8-14)27-21(30)19-13-31-20-10-26-5-3-18(19)20/h7-9,13,17,26H,3-6,10-12H2,1-2H3,(H,27,30). The summed E-state index contributed by atoms with van der Waals surface area (Å²) in [5, 5.41) is 7.78. The van der Waals surface area contributed by atoms with Crippen molar-refractivity contribution in [1.29, 1.82) is 0 Å². The maximum Gasteiger partial charge on any atom is 0.416 e. The van der Waals surface area contributed by atoms with Gasteiger partial charge in [0.05, 0.1) is 11.1 Å². The number of halogens is 3. The topological polar surface area (TPSA) is 47.6 Å². The summed E-state index contributed by atoms with van der Waals surface area (Å²) in [5.41, 5.74) is 1.57. The molecule has 31 heavy (non-hydrogen) atoms. The van der Waals surface area contributed by atoms with E-state index in [9.17, 15) is 18.0 Å². The molecular weight excluding hydrogens is 425 g/mol. The minimum atomic E-state index is -4.47. The molecule has 5 nitrogen and oxygen atoms in total. The van der Waals surface area contributed by atoms with Crippen LogP contribution < -0.4 is 10.6 Å².